The van der Waals surface area contributed by atoms with Gasteiger partial charge in [-0.05, 0) is 43.6 Å². The molecule has 1 atom stereocenters. The Morgan fingerprint density at radius 1 is 1.42 bits per heavy atom. The maximum Gasteiger partial charge on any atom is 0.224 e. The molecule has 1 fully saturated rings. The molecule has 1 unspecified atom stereocenters. The summed E-state index contributed by atoms with van der Waals surface area (Å²) in [6.45, 7) is 1.98. The minimum atomic E-state index is 0.0870. The van der Waals surface area contributed by atoms with Crippen LogP contribution in [0.5, 0.6) is 0 Å². The van der Waals surface area contributed by atoms with E-state index in [1.807, 2.05) is 30.3 Å². The van der Waals surface area contributed by atoms with Crippen LogP contribution >= 0.6 is 0 Å². The van der Waals surface area contributed by atoms with E-state index in [9.17, 15) is 4.79 Å². The molecule has 4 nitrogen and oxygen atoms in total. The smallest absolute Gasteiger partial charge is 0.224 e. The average molecular weight is 255 g/mol. The SMILES string of the molecule is O=C(CC1CCNC1)Nc1ccc2cccnc2c1. The van der Waals surface area contributed by atoms with Crippen LogP contribution in [-0.2, 0) is 4.79 Å². The summed E-state index contributed by atoms with van der Waals surface area (Å²) < 4.78 is 0. The molecule has 3 rings (SSSR count). The van der Waals surface area contributed by atoms with Gasteiger partial charge in [0.15, 0.2) is 0 Å². The van der Waals surface area contributed by atoms with Crippen molar-refractivity contribution in [2.24, 2.45) is 5.92 Å². The topological polar surface area (TPSA) is 54.0 Å². The minimum Gasteiger partial charge on any atom is -0.326 e. The molecule has 0 saturated carbocycles. The molecule has 2 aromatic rings. The Kier molecular flexibility index (Phi) is 3.42. The summed E-state index contributed by atoms with van der Waals surface area (Å²) in [5, 5.41) is 7.31. The lowest BCUT2D eigenvalue weighted by atomic mass is 10.0. The predicted molar refractivity (Wildman–Crippen MR) is 76.0 cm³/mol. The molecule has 4 heteroatoms. The third-order valence-corrected chi connectivity index (χ3v) is 3.53. The molecule has 1 amide bonds. The van der Waals surface area contributed by atoms with Crippen molar-refractivity contribution in [1.82, 2.24) is 10.3 Å². The monoisotopic (exact) mass is 255 g/mol. The number of rotatable bonds is 3. The molecule has 1 aromatic heterocycles. The first kappa shape index (κ1) is 12.1. The lowest BCUT2D eigenvalue weighted by Crippen LogP contribution is -2.18. The molecule has 0 spiro atoms. The van der Waals surface area contributed by atoms with Crippen LogP contribution in [-0.4, -0.2) is 24.0 Å². The number of nitrogens with one attached hydrogen (secondary N) is 2. The van der Waals surface area contributed by atoms with Crippen LogP contribution in [0.25, 0.3) is 10.9 Å². The molecule has 1 aliphatic rings. The number of hydrogen-bond acceptors (Lipinski definition) is 3. The van der Waals surface area contributed by atoms with Gasteiger partial charge in [-0.15, -0.1) is 0 Å². The maximum absolute atomic E-state index is 11.9. The number of anilines is 1. The zero-order valence-electron chi connectivity index (χ0n) is 10.7. The fraction of sp³-hybridized carbons (Fsp3) is 0.333. The second kappa shape index (κ2) is 5.36. The van der Waals surface area contributed by atoms with Crippen molar-refractivity contribution in [3.8, 4) is 0 Å². The van der Waals surface area contributed by atoms with Gasteiger partial charge in [-0.25, -0.2) is 0 Å². The first-order valence-electron chi connectivity index (χ1n) is 6.66. The molecule has 1 aromatic carbocycles. The van der Waals surface area contributed by atoms with Crippen molar-refractivity contribution in [1.29, 1.82) is 0 Å². The molecule has 1 saturated heterocycles. The van der Waals surface area contributed by atoms with E-state index in [-0.39, 0.29) is 5.91 Å². The van der Waals surface area contributed by atoms with Crippen LogP contribution in [0.15, 0.2) is 36.5 Å². The molecule has 2 N–H and O–H groups in total. The number of carbonyl (C=O) groups is 1. The van der Waals surface area contributed by atoms with Crippen molar-refractivity contribution in [3.63, 3.8) is 0 Å². The van der Waals surface area contributed by atoms with Crippen molar-refractivity contribution < 1.29 is 4.79 Å². The second-order valence-electron chi connectivity index (χ2n) is 5.02. The van der Waals surface area contributed by atoms with Gasteiger partial charge in [0.1, 0.15) is 0 Å². The highest BCUT2D eigenvalue weighted by atomic mass is 16.1. The zero-order chi connectivity index (χ0) is 13.1. The van der Waals surface area contributed by atoms with Crippen LogP contribution in [0.1, 0.15) is 12.8 Å². The standard InChI is InChI=1S/C15H17N3O/c19-15(8-11-5-7-16-10-11)18-13-4-3-12-2-1-6-17-14(12)9-13/h1-4,6,9,11,16H,5,7-8,10H2,(H,18,19). The quantitative estimate of drug-likeness (QED) is 0.883. The molecular weight excluding hydrogens is 238 g/mol. The van der Waals surface area contributed by atoms with Gasteiger partial charge in [0.2, 0.25) is 5.91 Å². The van der Waals surface area contributed by atoms with Gasteiger partial charge < -0.3 is 10.6 Å². The number of aromatic nitrogens is 1. The van der Waals surface area contributed by atoms with Gasteiger partial charge in [0.05, 0.1) is 5.52 Å². The largest absolute Gasteiger partial charge is 0.326 e. The van der Waals surface area contributed by atoms with Gasteiger partial charge >= 0.3 is 0 Å². The van der Waals surface area contributed by atoms with Crippen molar-refractivity contribution in [2.45, 2.75) is 12.8 Å². The fourth-order valence-electron chi connectivity index (χ4n) is 2.51. The first-order valence-corrected chi connectivity index (χ1v) is 6.66. The van der Waals surface area contributed by atoms with E-state index < -0.39 is 0 Å². The Morgan fingerprint density at radius 3 is 3.21 bits per heavy atom. The molecule has 19 heavy (non-hydrogen) atoms. The molecular formula is C15H17N3O. The third kappa shape index (κ3) is 2.90. The highest BCUT2D eigenvalue weighted by Gasteiger charge is 2.17. The van der Waals surface area contributed by atoms with Gasteiger partial charge in [0, 0.05) is 23.7 Å². The van der Waals surface area contributed by atoms with Crippen LogP contribution < -0.4 is 10.6 Å². The number of fused-ring (bicyclic) bond motifs is 1. The molecule has 0 radical (unpaired) electrons. The van der Waals surface area contributed by atoms with Crippen LogP contribution in [0, 0.1) is 5.92 Å². The average Bonchev–Trinajstić information content (AvgIpc) is 2.91. The fourth-order valence-corrected chi connectivity index (χ4v) is 2.51. The zero-order valence-corrected chi connectivity index (χ0v) is 10.7. The van der Waals surface area contributed by atoms with E-state index >= 15 is 0 Å². The van der Waals surface area contributed by atoms with E-state index in [1.54, 1.807) is 6.20 Å². The van der Waals surface area contributed by atoms with Gasteiger partial charge in [0.25, 0.3) is 0 Å². The minimum absolute atomic E-state index is 0.0870. The summed E-state index contributed by atoms with van der Waals surface area (Å²) in [5.74, 6) is 0.558. The predicted octanol–water partition coefficient (Wildman–Crippen LogP) is 2.17. The first-order chi connectivity index (χ1) is 9.31. The number of carbonyl (C=O) groups excluding carboxylic acids is 1. The van der Waals surface area contributed by atoms with E-state index in [0.29, 0.717) is 12.3 Å². The number of amides is 1. The summed E-state index contributed by atoms with van der Waals surface area (Å²) in [5.41, 5.74) is 1.73. The van der Waals surface area contributed by atoms with E-state index in [0.717, 1.165) is 36.1 Å². The Balaban J connectivity index is 1.68. The van der Waals surface area contributed by atoms with Crippen LogP contribution in [0.2, 0.25) is 0 Å². The van der Waals surface area contributed by atoms with Gasteiger partial charge in [-0.3, -0.25) is 9.78 Å². The molecule has 2 heterocycles. The van der Waals surface area contributed by atoms with Crippen LogP contribution in [0.4, 0.5) is 5.69 Å². The number of pyridine rings is 1. The lowest BCUT2D eigenvalue weighted by Gasteiger charge is -2.09. The maximum atomic E-state index is 11.9. The normalized spacial score (nSPS) is 18.6. The van der Waals surface area contributed by atoms with E-state index in [1.165, 1.54) is 0 Å². The van der Waals surface area contributed by atoms with E-state index in [2.05, 4.69) is 15.6 Å². The highest BCUT2D eigenvalue weighted by Crippen LogP contribution is 2.18. The highest BCUT2D eigenvalue weighted by molar-refractivity contribution is 5.93. The Labute approximate surface area is 112 Å². The van der Waals surface area contributed by atoms with Crippen molar-refractivity contribution in [3.05, 3.63) is 36.5 Å². The Morgan fingerprint density at radius 2 is 2.37 bits per heavy atom. The summed E-state index contributed by atoms with van der Waals surface area (Å²) in [4.78, 5) is 16.2. The third-order valence-electron chi connectivity index (χ3n) is 3.53. The summed E-state index contributed by atoms with van der Waals surface area (Å²) in [7, 11) is 0. The van der Waals surface area contributed by atoms with Gasteiger partial charge in [-0.1, -0.05) is 12.1 Å². The van der Waals surface area contributed by atoms with E-state index in [4.69, 9.17) is 0 Å². The number of nitrogens with zero attached hydrogens (tertiary/aromatic N) is 1. The number of benzene rings is 1. The summed E-state index contributed by atoms with van der Waals surface area (Å²) in [6, 6.07) is 9.75. The molecule has 0 aliphatic carbocycles. The van der Waals surface area contributed by atoms with Crippen molar-refractivity contribution in [2.75, 3.05) is 18.4 Å². The van der Waals surface area contributed by atoms with Crippen molar-refractivity contribution >= 4 is 22.5 Å². The molecule has 1 aliphatic heterocycles. The summed E-state index contributed by atoms with van der Waals surface area (Å²) in [6.07, 6.45) is 3.44. The lowest BCUT2D eigenvalue weighted by molar-refractivity contribution is -0.116. The molecule has 98 valence electrons. The number of hydrogen-bond donors (Lipinski definition) is 2. The van der Waals surface area contributed by atoms with Gasteiger partial charge in [-0.2, -0.15) is 0 Å². The second-order valence-corrected chi connectivity index (χ2v) is 5.02. The molecule has 0 bridgehead atoms. The Hall–Kier alpha value is -1.94. The van der Waals surface area contributed by atoms with Crippen LogP contribution in [0.3, 0.4) is 0 Å². The Bertz CT molecular complexity index is 591. The summed E-state index contributed by atoms with van der Waals surface area (Å²) >= 11 is 0.